The summed E-state index contributed by atoms with van der Waals surface area (Å²) in [5.41, 5.74) is -0.0124. The highest BCUT2D eigenvalue weighted by molar-refractivity contribution is 9.10. The fraction of sp³-hybridized carbons (Fsp3) is 0.364. The van der Waals surface area contributed by atoms with Crippen molar-refractivity contribution in [2.24, 2.45) is 0 Å². The first-order valence-corrected chi connectivity index (χ1v) is 7.41. The van der Waals surface area contributed by atoms with Gasteiger partial charge in [0.25, 0.3) is 5.91 Å². The summed E-state index contributed by atoms with van der Waals surface area (Å²) in [5, 5.41) is 2.54. The van der Waals surface area contributed by atoms with Gasteiger partial charge in [0, 0.05) is 28.9 Å². The Morgan fingerprint density at radius 2 is 2.24 bits per heavy atom. The van der Waals surface area contributed by atoms with Gasteiger partial charge in [-0.1, -0.05) is 13.0 Å². The third-order valence-corrected chi connectivity index (χ3v) is 4.05. The van der Waals surface area contributed by atoms with E-state index in [1.807, 2.05) is 6.92 Å². The summed E-state index contributed by atoms with van der Waals surface area (Å²) in [4.78, 5) is 11.6. The molecule has 1 atom stereocenters. The molecule has 1 N–H and O–H groups in total. The highest BCUT2D eigenvalue weighted by Crippen LogP contribution is 2.18. The molecule has 0 saturated carbocycles. The Morgan fingerprint density at radius 3 is 2.88 bits per heavy atom. The molecule has 6 heteroatoms. The molecule has 0 saturated heterocycles. The monoisotopic (exact) mass is 321 g/mol. The van der Waals surface area contributed by atoms with E-state index in [9.17, 15) is 13.4 Å². The van der Waals surface area contributed by atoms with Gasteiger partial charge in [0.15, 0.2) is 0 Å². The Bertz CT molecular complexity index is 439. The molecule has 0 heterocycles. The van der Waals surface area contributed by atoms with Gasteiger partial charge in [-0.05, 0) is 28.1 Å². The molecule has 1 aromatic carbocycles. The van der Waals surface area contributed by atoms with E-state index in [1.54, 1.807) is 6.07 Å². The topological polar surface area (TPSA) is 46.2 Å². The Hall–Kier alpha value is -0.750. The van der Waals surface area contributed by atoms with E-state index in [0.717, 1.165) is 0 Å². The molecule has 0 aromatic heterocycles. The summed E-state index contributed by atoms with van der Waals surface area (Å²) < 4.78 is 24.9. The maximum atomic E-state index is 13.5. The fourth-order valence-corrected chi connectivity index (χ4v) is 2.18. The van der Waals surface area contributed by atoms with Crippen molar-refractivity contribution in [3.05, 3.63) is 34.1 Å². The zero-order chi connectivity index (χ0) is 12.8. The molecule has 0 aliphatic heterocycles. The summed E-state index contributed by atoms with van der Waals surface area (Å²) in [6.07, 6.45) is 0. The Kier molecular flexibility index (Phi) is 5.77. The number of carbonyl (C=O) groups excluding carboxylic acids is 1. The first-order valence-electron chi connectivity index (χ1n) is 5.13. The van der Waals surface area contributed by atoms with Crippen molar-refractivity contribution in [1.82, 2.24) is 5.32 Å². The van der Waals surface area contributed by atoms with E-state index in [0.29, 0.717) is 11.5 Å². The van der Waals surface area contributed by atoms with Crippen molar-refractivity contribution < 1.29 is 13.4 Å². The van der Waals surface area contributed by atoms with E-state index in [4.69, 9.17) is 0 Å². The molecular weight excluding hydrogens is 309 g/mol. The molecule has 1 aromatic rings. The molecule has 94 valence electrons. The highest BCUT2D eigenvalue weighted by atomic mass is 79.9. The van der Waals surface area contributed by atoms with Gasteiger partial charge in [-0.3, -0.25) is 9.00 Å². The number of benzene rings is 1. The molecule has 1 unspecified atom stereocenters. The van der Waals surface area contributed by atoms with Crippen LogP contribution in [0.5, 0.6) is 0 Å². The highest BCUT2D eigenvalue weighted by Gasteiger charge is 2.13. The van der Waals surface area contributed by atoms with Crippen molar-refractivity contribution >= 4 is 32.6 Å². The normalized spacial score (nSPS) is 12.2. The molecular formula is C11H13BrFNO2S. The van der Waals surface area contributed by atoms with E-state index >= 15 is 0 Å². The summed E-state index contributed by atoms with van der Waals surface area (Å²) >= 11 is 3.01. The second kappa shape index (κ2) is 6.86. The first-order chi connectivity index (χ1) is 8.06. The summed E-state index contributed by atoms with van der Waals surface area (Å²) in [7, 11) is -0.927. The zero-order valence-electron chi connectivity index (χ0n) is 9.33. The second-order valence-corrected chi connectivity index (χ2v) is 6.01. The van der Waals surface area contributed by atoms with Crippen LogP contribution in [0.15, 0.2) is 22.7 Å². The number of hydrogen-bond donors (Lipinski definition) is 1. The SMILES string of the molecule is CCS(=O)CCNC(=O)c1cccc(Br)c1F. The van der Waals surface area contributed by atoms with Crippen molar-refractivity contribution in [2.45, 2.75) is 6.92 Å². The van der Waals surface area contributed by atoms with E-state index < -0.39 is 22.5 Å². The third-order valence-electron chi connectivity index (χ3n) is 2.13. The van der Waals surface area contributed by atoms with Gasteiger partial charge in [0.2, 0.25) is 0 Å². The maximum Gasteiger partial charge on any atom is 0.254 e. The van der Waals surface area contributed by atoms with Crippen LogP contribution in [0.3, 0.4) is 0 Å². The Labute approximate surface area is 110 Å². The fourth-order valence-electron chi connectivity index (χ4n) is 1.20. The van der Waals surface area contributed by atoms with Crippen molar-refractivity contribution in [3.8, 4) is 0 Å². The number of halogens is 2. The van der Waals surface area contributed by atoms with Crippen LogP contribution in [0.25, 0.3) is 0 Å². The van der Waals surface area contributed by atoms with Crippen LogP contribution in [0.4, 0.5) is 4.39 Å². The lowest BCUT2D eigenvalue weighted by molar-refractivity contribution is 0.0952. The minimum absolute atomic E-state index is 0.0124. The summed E-state index contributed by atoms with van der Waals surface area (Å²) in [6.45, 7) is 2.09. The number of rotatable bonds is 5. The van der Waals surface area contributed by atoms with Gasteiger partial charge in [0.05, 0.1) is 10.0 Å². The van der Waals surface area contributed by atoms with Gasteiger partial charge >= 0.3 is 0 Å². The molecule has 17 heavy (non-hydrogen) atoms. The van der Waals surface area contributed by atoms with Crippen LogP contribution in [-0.2, 0) is 10.8 Å². The van der Waals surface area contributed by atoms with E-state index in [1.165, 1.54) is 12.1 Å². The molecule has 0 radical (unpaired) electrons. The number of carbonyl (C=O) groups is 1. The van der Waals surface area contributed by atoms with Gasteiger partial charge in [-0.25, -0.2) is 4.39 Å². The Balaban J connectivity index is 2.59. The average Bonchev–Trinajstić information content (AvgIpc) is 2.32. The number of nitrogens with one attached hydrogen (secondary N) is 1. The lowest BCUT2D eigenvalue weighted by Crippen LogP contribution is -2.28. The standard InChI is InChI=1S/C11H13BrFNO2S/c1-2-17(16)7-6-14-11(15)8-4-3-5-9(12)10(8)13/h3-5H,2,6-7H2,1H3,(H,14,15). The minimum Gasteiger partial charge on any atom is -0.351 e. The van der Waals surface area contributed by atoms with E-state index in [-0.39, 0.29) is 16.6 Å². The molecule has 1 rings (SSSR count). The van der Waals surface area contributed by atoms with Crippen LogP contribution >= 0.6 is 15.9 Å². The molecule has 0 spiro atoms. The average molecular weight is 322 g/mol. The van der Waals surface area contributed by atoms with Crippen LogP contribution in [0.1, 0.15) is 17.3 Å². The zero-order valence-corrected chi connectivity index (χ0v) is 11.7. The van der Waals surface area contributed by atoms with Gasteiger partial charge in [0.1, 0.15) is 5.82 Å². The van der Waals surface area contributed by atoms with Crippen LogP contribution in [-0.4, -0.2) is 28.2 Å². The smallest absolute Gasteiger partial charge is 0.254 e. The van der Waals surface area contributed by atoms with Gasteiger partial charge < -0.3 is 5.32 Å². The molecule has 0 aliphatic rings. The summed E-state index contributed by atoms with van der Waals surface area (Å²) in [5.74, 6) is -0.127. The van der Waals surface area contributed by atoms with Gasteiger partial charge in [-0.2, -0.15) is 0 Å². The largest absolute Gasteiger partial charge is 0.351 e. The second-order valence-electron chi connectivity index (χ2n) is 3.29. The Morgan fingerprint density at radius 1 is 1.53 bits per heavy atom. The minimum atomic E-state index is -0.927. The van der Waals surface area contributed by atoms with Crippen molar-refractivity contribution in [3.63, 3.8) is 0 Å². The molecule has 0 aliphatic carbocycles. The lowest BCUT2D eigenvalue weighted by Gasteiger charge is -2.06. The molecule has 3 nitrogen and oxygen atoms in total. The molecule has 0 bridgehead atoms. The number of hydrogen-bond acceptors (Lipinski definition) is 2. The van der Waals surface area contributed by atoms with Gasteiger partial charge in [-0.15, -0.1) is 0 Å². The summed E-state index contributed by atoms with van der Waals surface area (Å²) in [6, 6.07) is 4.52. The quantitative estimate of drug-likeness (QED) is 0.902. The maximum absolute atomic E-state index is 13.5. The van der Waals surface area contributed by atoms with Crippen LogP contribution < -0.4 is 5.32 Å². The predicted molar refractivity (Wildman–Crippen MR) is 70.0 cm³/mol. The lowest BCUT2D eigenvalue weighted by atomic mass is 10.2. The predicted octanol–water partition coefficient (Wildman–Crippen LogP) is 2.09. The third kappa shape index (κ3) is 4.20. The van der Waals surface area contributed by atoms with E-state index in [2.05, 4.69) is 21.2 Å². The molecule has 1 amide bonds. The molecule has 0 fully saturated rings. The van der Waals surface area contributed by atoms with Crippen LogP contribution in [0, 0.1) is 5.82 Å². The number of amides is 1. The van der Waals surface area contributed by atoms with Crippen molar-refractivity contribution in [2.75, 3.05) is 18.1 Å². The first kappa shape index (κ1) is 14.3. The van der Waals surface area contributed by atoms with Crippen LogP contribution in [0.2, 0.25) is 0 Å². The van der Waals surface area contributed by atoms with Crippen molar-refractivity contribution in [1.29, 1.82) is 0 Å².